The van der Waals surface area contributed by atoms with Crippen LogP contribution in [0.1, 0.15) is 33.5 Å². The van der Waals surface area contributed by atoms with Gasteiger partial charge >= 0.3 is 0 Å². The first-order chi connectivity index (χ1) is 12.6. The fourth-order valence-electron chi connectivity index (χ4n) is 2.70. The maximum absolute atomic E-state index is 12.7. The zero-order valence-corrected chi connectivity index (χ0v) is 14.5. The Morgan fingerprint density at radius 3 is 2.35 bits per heavy atom. The number of ether oxygens (including phenoxy) is 1. The normalized spacial score (nSPS) is 11.6. The summed E-state index contributed by atoms with van der Waals surface area (Å²) in [5, 5.41) is 2.96. The number of carbonyl (C=O) groups excluding carboxylic acids is 1. The summed E-state index contributed by atoms with van der Waals surface area (Å²) in [6.45, 7) is 1.64. The summed E-state index contributed by atoms with van der Waals surface area (Å²) >= 11 is 0. The molecule has 3 aromatic rings. The van der Waals surface area contributed by atoms with E-state index in [1.807, 2.05) is 54.6 Å². The van der Waals surface area contributed by atoms with E-state index in [-0.39, 0.29) is 17.3 Å². The van der Waals surface area contributed by atoms with Crippen molar-refractivity contribution in [3.8, 4) is 5.75 Å². The predicted molar refractivity (Wildman–Crippen MR) is 98.3 cm³/mol. The van der Waals surface area contributed by atoms with Gasteiger partial charge in [-0.15, -0.1) is 0 Å². The number of aromatic amines is 1. The van der Waals surface area contributed by atoms with Gasteiger partial charge in [-0.2, -0.15) is 0 Å². The van der Waals surface area contributed by atoms with Crippen LogP contribution in [0.2, 0.25) is 0 Å². The lowest BCUT2D eigenvalue weighted by Crippen LogP contribution is -2.31. The molecule has 0 aliphatic rings. The average Bonchev–Trinajstić information content (AvgIpc) is 2.66. The first-order valence-electron chi connectivity index (χ1n) is 8.14. The number of nitrogens with one attached hydrogen (secondary N) is 2. The molecule has 1 aromatic heterocycles. The van der Waals surface area contributed by atoms with Gasteiger partial charge in [-0.05, 0) is 30.2 Å². The van der Waals surface area contributed by atoms with Crippen molar-refractivity contribution in [3.05, 3.63) is 93.7 Å². The van der Waals surface area contributed by atoms with Crippen LogP contribution in [0.5, 0.6) is 5.75 Å². The molecular formula is C20H19N3O3. The van der Waals surface area contributed by atoms with Crippen molar-refractivity contribution in [1.82, 2.24) is 15.3 Å². The molecule has 0 saturated heterocycles. The highest BCUT2D eigenvalue weighted by atomic mass is 16.5. The van der Waals surface area contributed by atoms with Gasteiger partial charge in [-0.25, -0.2) is 4.98 Å². The van der Waals surface area contributed by atoms with Crippen molar-refractivity contribution in [2.75, 3.05) is 7.11 Å². The minimum Gasteiger partial charge on any atom is -0.497 e. The van der Waals surface area contributed by atoms with E-state index >= 15 is 0 Å². The summed E-state index contributed by atoms with van der Waals surface area (Å²) in [5.41, 5.74) is 1.54. The molecule has 1 heterocycles. The van der Waals surface area contributed by atoms with Gasteiger partial charge in [0.05, 0.1) is 13.2 Å². The Hall–Kier alpha value is -3.41. The Labute approximate surface area is 150 Å². The van der Waals surface area contributed by atoms with Crippen molar-refractivity contribution < 1.29 is 9.53 Å². The van der Waals surface area contributed by atoms with Crippen LogP contribution in [0.25, 0.3) is 0 Å². The lowest BCUT2D eigenvalue weighted by Gasteiger charge is -2.20. The summed E-state index contributed by atoms with van der Waals surface area (Å²) in [7, 11) is 1.60. The maximum atomic E-state index is 12.7. The second-order valence-electron chi connectivity index (χ2n) is 5.81. The van der Waals surface area contributed by atoms with Gasteiger partial charge in [0, 0.05) is 6.07 Å². The molecule has 26 heavy (non-hydrogen) atoms. The fourth-order valence-corrected chi connectivity index (χ4v) is 2.70. The van der Waals surface area contributed by atoms with Crippen LogP contribution in [0.3, 0.4) is 0 Å². The van der Waals surface area contributed by atoms with Crippen LogP contribution in [0.4, 0.5) is 0 Å². The van der Waals surface area contributed by atoms with E-state index in [4.69, 9.17) is 4.74 Å². The van der Waals surface area contributed by atoms with Crippen LogP contribution >= 0.6 is 0 Å². The largest absolute Gasteiger partial charge is 0.497 e. The summed E-state index contributed by atoms with van der Waals surface area (Å²) in [6, 6.07) is 17.9. The van der Waals surface area contributed by atoms with Gasteiger partial charge in [0.15, 0.2) is 0 Å². The van der Waals surface area contributed by atoms with E-state index < -0.39 is 5.91 Å². The second kappa shape index (κ2) is 7.65. The van der Waals surface area contributed by atoms with Gasteiger partial charge in [-0.3, -0.25) is 9.59 Å². The van der Waals surface area contributed by atoms with Crippen molar-refractivity contribution in [2.24, 2.45) is 0 Å². The summed E-state index contributed by atoms with van der Waals surface area (Å²) in [6.07, 6.45) is 0. The number of aryl methyl sites for hydroxylation is 1. The quantitative estimate of drug-likeness (QED) is 0.742. The van der Waals surface area contributed by atoms with Gasteiger partial charge in [-0.1, -0.05) is 42.5 Å². The van der Waals surface area contributed by atoms with Gasteiger partial charge in [0.25, 0.3) is 11.5 Å². The number of rotatable bonds is 5. The third kappa shape index (κ3) is 3.97. The van der Waals surface area contributed by atoms with Crippen LogP contribution in [0.15, 0.2) is 65.5 Å². The Morgan fingerprint density at radius 2 is 1.73 bits per heavy atom. The summed E-state index contributed by atoms with van der Waals surface area (Å²) in [5.74, 6) is 0.714. The number of aromatic nitrogens is 2. The molecule has 0 aliphatic carbocycles. The topological polar surface area (TPSA) is 84.1 Å². The lowest BCUT2D eigenvalue weighted by atomic mass is 9.98. The minimum atomic E-state index is -0.413. The molecule has 1 amide bonds. The molecule has 6 heteroatoms. The fraction of sp³-hybridized carbons (Fsp3) is 0.150. The molecule has 0 unspecified atom stereocenters. The van der Waals surface area contributed by atoms with E-state index in [1.165, 1.54) is 6.07 Å². The minimum absolute atomic E-state index is 0.0840. The molecule has 0 fully saturated rings. The average molecular weight is 349 g/mol. The van der Waals surface area contributed by atoms with Gasteiger partial charge in [0.2, 0.25) is 0 Å². The van der Waals surface area contributed by atoms with Crippen LogP contribution in [-0.4, -0.2) is 23.0 Å². The zero-order valence-electron chi connectivity index (χ0n) is 14.5. The molecule has 0 saturated carbocycles. The Bertz CT molecular complexity index is 950. The van der Waals surface area contributed by atoms with Crippen molar-refractivity contribution >= 4 is 5.91 Å². The van der Waals surface area contributed by atoms with Crippen LogP contribution in [0, 0.1) is 6.92 Å². The predicted octanol–water partition coefficient (Wildman–Crippen LogP) is 2.61. The molecule has 132 valence electrons. The summed E-state index contributed by atoms with van der Waals surface area (Å²) < 4.78 is 5.20. The van der Waals surface area contributed by atoms with E-state index in [2.05, 4.69) is 15.3 Å². The van der Waals surface area contributed by atoms with E-state index in [1.54, 1.807) is 14.0 Å². The lowest BCUT2D eigenvalue weighted by molar-refractivity contribution is 0.0937. The highest BCUT2D eigenvalue weighted by Crippen LogP contribution is 2.24. The standard InChI is InChI=1S/C20H19N3O3/c1-13-21-17(12-18(24)22-13)20(25)23-19(14-6-4-3-5-7-14)15-8-10-16(26-2)11-9-15/h3-12,19H,1-2H3,(H,23,25)(H,21,22,24)/t19-/m1/s1. The molecule has 0 radical (unpaired) electrons. The molecule has 0 aliphatic heterocycles. The Morgan fingerprint density at radius 1 is 1.08 bits per heavy atom. The summed E-state index contributed by atoms with van der Waals surface area (Å²) in [4.78, 5) is 30.9. The second-order valence-corrected chi connectivity index (χ2v) is 5.81. The van der Waals surface area contributed by atoms with Gasteiger partial charge < -0.3 is 15.0 Å². The van der Waals surface area contributed by atoms with Crippen molar-refractivity contribution in [2.45, 2.75) is 13.0 Å². The number of benzene rings is 2. The van der Waals surface area contributed by atoms with Crippen LogP contribution in [-0.2, 0) is 0 Å². The smallest absolute Gasteiger partial charge is 0.270 e. The number of hydrogen-bond donors (Lipinski definition) is 2. The maximum Gasteiger partial charge on any atom is 0.270 e. The molecular weight excluding hydrogens is 330 g/mol. The van der Waals surface area contributed by atoms with E-state index in [0.717, 1.165) is 16.9 Å². The number of carbonyl (C=O) groups is 1. The highest BCUT2D eigenvalue weighted by molar-refractivity contribution is 5.92. The number of methoxy groups -OCH3 is 1. The van der Waals surface area contributed by atoms with Crippen molar-refractivity contribution in [3.63, 3.8) is 0 Å². The number of hydrogen-bond acceptors (Lipinski definition) is 4. The number of H-pyrrole nitrogens is 1. The first kappa shape index (κ1) is 17.4. The third-order valence-electron chi connectivity index (χ3n) is 3.95. The molecule has 6 nitrogen and oxygen atoms in total. The number of amides is 1. The molecule has 1 atom stereocenters. The van der Waals surface area contributed by atoms with Crippen LogP contribution < -0.4 is 15.6 Å². The molecule has 0 spiro atoms. The highest BCUT2D eigenvalue weighted by Gasteiger charge is 2.19. The zero-order chi connectivity index (χ0) is 18.5. The first-order valence-corrected chi connectivity index (χ1v) is 8.14. The van der Waals surface area contributed by atoms with E-state index in [0.29, 0.717) is 5.82 Å². The SMILES string of the molecule is COc1ccc([C@H](NC(=O)c2cc(=O)[nH]c(C)n2)c2ccccc2)cc1. The molecule has 0 bridgehead atoms. The Balaban J connectivity index is 1.95. The molecule has 2 aromatic carbocycles. The molecule has 3 rings (SSSR count). The van der Waals surface area contributed by atoms with Crippen molar-refractivity contribution in [1.29, 1.82) is 0 Å². The van der Waals surface area contributed by atoms with Gasteiger partial charge in [0.1, 0.15) is 17.3 Å². The van der Waals surface area contributed by atoms with E-state index in [9.17, 15) is 9.59 Å². The third-order valence-corrected chi connectivity index (χ3v) is 3.95. The monoisotopic (exact) mass is 349 g/mol. The Kier molecular flexibility index (Phi) is 5.12. The molecule has 2 N–H and O–H groups in total. The number of nitrogens with zero attached hydrogens (tertiary/aromatic N) is 1.